The zero-order valence-electron chi connectivity index (χ0n) is 20.7. The summed E-state index contributed by atoms with van der Waals surface area (Å²) < 4.78 is 22.1. The number of pyridine rings is 1. The number of Topliss-reactive ketones (excluding diaryl/α,β-unsaturated/α-hetero) is 1. The molecule has 4 aromatic rings. The first-order valence-corrected chi connectivity index (χ1v) is 14.4. The van der Waals surface area contributed by atoms with E-state index < -0.39 is 17.4 Å². The molecule has 1 aliphatic heterocycles. The van der Waals surface area contributed by atoms with Gasteiger partial charge in [0.2, 0.25) is 11.8 Å². The molecule has 1 aliphatic carbocycles. The fourth-order valence-electron chi connectivity index (χ4n) is 5.70. The van der Waals surface area contributed by atoms with Crippen molar-refractivity contribution in [2.75, 3.05) is 0 Å². The number of halogens is 2. The van der Waals surface area contributed by atoms with Crippen molar-refractivity contribution < 1.29 is 18.7 Å². The Balaban J connectivity index is 1.39. The first kappa shape index (κ1) is 26.0. The van der Waals surface area contributed by atoms with Crippen molar-refractivity contribution in [3.05, 3.63) is 116 Å². The van der Waals surface area contributed by atoms with Crippen LogP contribution < -0.4 is 4.74 Å². The van der Waals surface area contributed by atoms with Gasteiger partial charge in [0.25, 0.3) is 0 Å². The topological polar surface area (TPSA) is 59.5 Å². The first-order chi connectivity index (χ1) is 18.9. The second kappa shape index (κ2) is 10.4. The molecule has 2 aliphatic rings. The number of carbonyl (C=O) groups excluding carboxylic acids is 2. The van der Waals surface area contributed by atoms with Crippen LogP contribution in [0.15, 0.2) is 77.5 Å². The number of thiol groups is 1. The molecule has 2 aromatic heterocycles. The molecule has 39 heavy (non-hydrogen) atoms. The number of carbonyl (C=O) groups is 2. The van der Waals surface area contributed by atoms with Gasteiger partial charge in [0, 0.05) is 17.5 Å². The van der Waals surface area contributed by atoms with E-state index in [2.05, 4.69) is 0 Å². The third-order valence-electron chi connectivity index (χ3n) is 7.59. The Bertz CT molecular complexity index is 1560. The minimum absolute atomic E-state index is 0.0389. The van der Waals surface area contributed by atoms with E-state index in [0.29, 0.717) is 34.1 Å². The van der Waals surface area contributed by atoms with Crippen molar-refractivity contribution in [3.63, 3.8) is 0 Å². The Hall–Kier alpha value is -3.20. The Labute approximate surface area is 240 Å². The van der Waals surface area contributed by atoms with Crippen LogP contribution in [0.1, 0.15) is 59.2 Å². The molecule has 1 fully saturated rings. The van der Waals surface area contributed by atoms with Gasteiger partial charge in [-0.2, -0.15) is 11.3 Å². The summed E-state index contributed by atoms with van der Waals surface area (Å²) in [4.78, 5) is 32.4. The lowest BCUT2D eigenvalue weighted by Gasteiger charge is -2.45. The predicted octanol–water partition coefficient (Wildman–Crippen LogP) is 7.07. The highest BCUT2D eigenvalue weighted by molar-refractivity contribution is 7.78. The van der Waals surface area contributed by atoms with Gasteiger partial charge in [-0.15, -0.1) is 0 Å². The van der Waals surface area contributed by atoms with Crippen LogP contribution in [-0.4, -0.2) is 21.0 Å². The lowest BCUT2D eigenvalue weighted by Crippen LogP contribution is -2.54. The van der Waals surface area contributed by atoms with Crippen LogP contribution in [0.2, 0.25) is 5.02 Å². The van der Waals surface area contributed by atoms with Crippen LogP contribution >= 0.6 is 35.8 Å². The minimum atomic E-state index is -1.25. The maximum Gasteiger partial charge on any atom is 0.248 e. The van der Waals surface area contributed by atoms with Crippen molar-refractivity contribution in [3.8, 4) is 5.88 Å². The first-order valence-electron chi connectivity index (χ1n) is 12.6. The highest BCUT2D eigenvalue weighted by Gasteiger charge is 2.53. The van der Waals surface area contributed by atoms with Crippen molar-refractivity contribution >= 4 is 47.4 Å². The maximum atomic E-state index is 14.4. The molecule has 3 atom stereocenters. The molecule has 2 aromatic carbocycles. The van der Waals surface area contributed by atoms with Gasteiger partial charge in [0.1, 0.15) is 23.4 Å². The van der Waals surface area contributed by atoms with Gasteiger partial charge >= 0.3 is 0 Å². The number of ether oxygens (including phenoxy) is 1. The minimum Gasteiger partial charge on any atom is -0.469 e. The average molecular weight is 579 g/mol. The smallest absolute Gasteiger partial charge is 0.248 e. The fraction of sp³-hybridized carbons (Fsp3) is 0.233. The standard InChI is InChI=1S/C30H24ClFN2O3S2/c31-22-9-2-1-6-21(22)28-24(35)16-30(34(38)29(28)36,18-14-15-39-17-18)26-12-5-13-27(33-26)37-25-11-4-7-19-20(25)8-3-10-23(19)32/h1-3,5-6,8-10,12-15,17,25,28,38H,4,7,11,16H2. The second-order valence-electron chi connectivity index (χ2n) is 9.79. The summed E-state index contributed by atoms with van der Waals surface area (Å²) in [5.74, 6) is -1.69. The molecule has 198 valence electrons. The van der Waals surface area contributed by atoms with E-state index in [1.165, 1.54) is 21.7 Å². The summed E-state index contributed by atoms with van der Waals surface area (Å²) >= 11 is 12.5. The number of hydrogen-bond donors (Lipinski definition) is 1. The summed E-state index contributed by atoms with van der Waals surface area (Å²) in [5.41, 5.74) is 1.91. The van der Waals surface area contributed by atoms with Gasteiger partial charge in [0.15, 0.2) is 5.78 Å². The molecule has 1 saturated heterocycles. The molecule has 9 heteroatoms. The second-order valence-corrected chi connectivity index (χ2v) is 11.4. The van der Waals surface area contributed by atoms with Crippen LogP contribution in [0, 0.1) is 5.82 Å². The summed E-state index contributed by atoms with van der Waals surface area (Å²) in [6.45, 7) is 0. The summed E-state index contributed by atoms with van der Waals surface area (Å²) in [5, 5.41) is 4.14. The number of piperidine rings is 1. The zero-order valence-corrected chi connectivity index (χ0v) is 23.2. The Morgan fingerprint density at radius 3 is 2.64 bits per heavy atom. The number of aromatic nitrogens is 1. The van der Waals surface area contributed by atoms with E-state index in [4.69, 9.17) is 34.1 Å². The van der Waals surface area contributed by atoms with Crippen molar-refractivity contribution in [1.29, 1.82) is 0 Å². The number of rotatable bonds is 5. The molecule has 1 amide bonds. The van der Waals surface area contributed by atoms with Crippen LogP contribution in [0.5, 0.6) is 5.88 Å². The Kier molecular flexibility index (Phi) is 6.95. The van der Waals surface area contributed by atoms with Crippen LogP contribution in [0.4, 0.5) is 4.39 Å². The molecule has 3 heterocycles. The number of benzene rings is 2. The molecule has 0 saturated carbocycles. The average Bonchev–Trinajstić information content (AvgIpc) is 3.48. The lowest BCUT2D eigenvalue weighted by atomic mass is 9.75. The number of fused-ring (bicyclic) bond motifs is 1. The monoisotopic (exact) mass is 578 g/mol. The fourth-order valence-corrected chi connectivity index (χ4v) is 7.08. The number of amides is 1. The molecule has 5 nitrogen and oxygen atoms in total. The summed E-state index contributed by atoms with van der Waals surface area (Å²) in [6, 6.07) is 19.1. The van der Waals surface area contributed by atoms with E-state index >= 15 is 0 Å². The number of nitrogens with zero attached hydrogens (tertiary/aromatic N) is 2. The van der Waals surface area contributed by atoms with E-state index in [1.807, 2.05) is 22.9 Å². The molecule has 0 bridgehead atoms. The third kappa shape index (κ3) is 4.44. The molecule has 3 unspecified atom stereocenters. The maximum absolute atomic E-state index is 14.4. The highest BCUT2D eigenvalue weighted by Crippen LogP contribution is 2.48. The van der Waals surface area contributed by atoms with Gasteiger partial charge in [-0.25, -0.2) is 9.37 Å². The van der Waals surface area contributed by atoms with E-state index in [9.17, 15) is 14.0 Å². The van der Waals surface area contributed by atoms with Crippen molar-refractivity contribution in [2.24, 2.45) is 0 Å². The highest BCUT2D eigenvalue weighted by atomic mass is 35.5. The number of hydrogen-bond acceptors (Lipinski definition) is 6. The van der Waals surface area contributed by atoms with Gasteiger partial charge in [0.05, 0.1) is 5.69 Å². The van der Waals surface area contributed by atoms with E-state index in [0.717, 1.165) is 24.0 Å². The van der Waals surface area contributed by atoms with Gasteiger partial charge < -0.3 is 4.74 Å². The van der Waals surface area contributed by atoms with Gasteiger partial charge in [-0.1, -0.05) is 60.8 Å². The van der Waals surface area contributed by atoms with Crippen LogP contribution in [0.3, 0.4) is 0 Å². The summed E-state index contributed by atoms with van der Waals surface area (Å²) in [7, 11) is 0. The van der Waals surface area contributed by atoms with Crippen molar-refractivity contribution in [1.82, 2.24) is 9.29 Å². The molecule has 0 N–H and O–H groups in total. The molecule has 0 spiro atoms. The van der Waals surface area contributed by atoms with Crippen LogP contribution in [-0.2, 0) is 21.5 Å². The largest absolute Gasteiger partial charge is 0.469 e. The zero-order chi connectivity index (χ0) is 27.1. The third-order valence-corrected chi connectivity index (χ3v) is 9.16. The quantitative estimate of drug-likeness (QED) is 0.203. The van der Waals surface area contributed by atoms with Crippen LogP contribution in [0.25, 0.3) is 0 Å². The number of thiophene rings is 1. The SMILES string of the molecule is O=C1CC(c2ccsc2)(c2cccc(OC3CCCc4c(F)cccc43)n2)N(S)C(=O)C1c1ccccc1Cl. The molecular formula is C30H24ClFN2O3S2. The Morgan fingerprint density at radius 2 is 1.85 bits per heavy atom. The van der Waals surface area contributed by atoms with E-state index in [-0.39, 0.29) is 24.1 Å². The summed E-state index contributed by atoms with van der Waals surface area (Å²) in [6.07, 6.45) is 1.81. The molecule has 0 radical (unpaired) electrons. The molecular weight excluding hydrogens is 555 g/mol. The Morgan fingerprint density at radius 1 is 1.05 bits per heavy atom. The normalized spacial score (nSPS) is 23.0. The predicted molar refractivity (Wildman–Crippen MR) is 152 cm³/mol. The number of ketones is 1. The lowest BCUT2D eigenvalue weighted by molar-refractivity contribution is -0.142. The van der Waals surface area contributed by atoms with Gasteiger partial charge in [-0.05, 0) is 76.5 Å². The van der Waals surface area contributed by atoms with Gasteiger partial charge in [-0.3, -0.25) is 13.9 Å². The van der Waals surface area contributed by atoms with E-state index in [1.54, 1.807) is 48.5 Å². The molecule has 6 rings (SSSR count). The van der Waals surface area contributed by atoms with Crippen molar-refractivity contribution in [2.45, 2.75) is 43.2 Å².